The van der Waals surface area contributed by atoms with E-state index in [1.807, 2.05) is 0 Å². The highest BCUT2D eigenvalue weighted by molar-refractivity contribution is 7.80. The van der Waals surface area contributed by atoms with Crippen LogP contribution in [0.2, 0.25) is 0 Å². The highest BCUT2D eigenvalue weighted by Crippen LogP contribution is 2.09. The molecule has 0 fully saturated rings. The summed E-state index contributed by atoms with van der Waals surface area (Å²) in [6.45, 7) is 3.32. The zero-order chi connectivity index (χ0) is 30.4. The zero-order valence-electron chi connectivity index (χ0n) is 22.3. The molecule has 222 valence electrons. The van der Waals surface area contributed by atoms with Crippen molar-refractivity contribution in [3.63, 3.8) is 0 Å². The van der Waals surface area contributed by atoms with Crippen LogP contribution in [0, 0.1) is 5.92 Å². The molecule has 5 atom stereocenters. The summed E-state index contributed by atoms with van der Waals surface area (Å²) < 4.78 is 0. The Hall–Kier alpha value is -3.30. The molecule has 1 rings (SSSR count). The lowest BCUT2D eigenvalue weighted by Gasteiger charge is -2.28. The summed E-state index contributed by atoms with van der Waals surface area (Å²) in [6, 6.07) is 3.02. The minimum Gasteiger partial charge on any atom is -0.480 e. The number of carboxylic acids is 1. The molecule has 0 saturated heterocycles. The van der Waals surface area contributed by atoms with Crippen LogP contribution in [0.3, 0.4) is 0 Å². The van der Waals surface area contributed by atoms with E-state index in [0.717, 1.165) is 5.56 Å². The molecule has 15 heteroatoms. The number of primary amides is 1. The first-order chi connectivity index (χ1) is 18.8. The molecule has 0 bridgehead atoms. The number of aliphatic carboxylic acids is 1. The molecule has 1 aromatic carbocycles. The van der Waals surface area contributed by atoms with Crippen molar-refractivity contribution in [1.82, 2.24) is 21.3 Å². The standard InChI is InChI=1S/C25H38N6O7S2/c1-13(2)20(24(36)28-16(8-9-19(27)32)22(34)30-18(12-40)25(37)38)31-23(35)17(29-21(33)15(26)11-39)10-14-6-4-3-5-7-14/h3-7,13,15-18,20,39-40H,8-12,26H2,1-2H3,(H2,27,32)(H,28,36)(H,29,33)(H,30,34)(H,31,35)(H,37,38)/t15-,16-,17-,18-,20-/m0/s1. The third-order valence-electron chi connectivity index (χ3n) is 5.81. The fourth-order valence-corrected chi connectivity index (χ4v) is 3.90. The van der Waals surface area contributed by atoms with Crippen molar-refractivity contribution in [2.75, 3.05) is 11.5 Å². The first-order valence-electron chi connectivity index (χ1n) is 12.5. The Morgan fingerprint density at radius 3 is 1.85 bits per heavy atom. The number of nitrogens with two attached hydrogens (primary N) is 2. The lowest BCUT2D eigenvalue weighted by molar-refractivity contribution is -0.141. The number of hydrogen-bond acceptors (Lipinski definition) is 9. The largest absolute Gasteiger partial charge is 0.480 e. The number of carboxylic acid groups (broad SMARTS) is 1. The number of nitrogens with one attached hydrogen (secondary N) is 4. The topological polar surface area (TPSA) is 223 Å². The van der Waals surface area contributed by atoms with E-state index < -0.39 is 71.6 Å². The van der Waals surface area contributed by atoms with E-state index in [1.165, 1.54) is 0 Å². The molecule has 1 aromatic rings. The second-order valence-corrected chi connectivity index (χ2v) is 10.1. The fraction of sp³-hybridized carbons (Fsp3) is 0.520. The zero-order valence-corrected chi connectivity index (χ0v) is 24.1. The predicted molar refractivity (Wildman–Crippen MR) is 154 cm³/mol. The quantitative estimate of drug-likeness (QED) is 0.0944. The molecule has 0 aliphatic rings. The van der Waals surface area contributed by atoms with E-state index >= 15 is 0 Å². The average molecular weight is 599 g/mol. The average Bonchev–Trinajstić information content (AvgIpc) is 2.91. The number of rotatable bonds is 17. The van der Waals surface area contributed by atoms with Gasteiger partial charge in [0.2, 0.25) is 29.5 Å². The number of thiol groups is 2. The van der Waals surface area contributed by atoms with Gasteiger partial charge in [0, 0.05) is 24.3 Å². The highest BCUT2D eigenvalue weighted by Gasteiger charge is 2.33. The van der Waals surface area contributed by atoms with Gasteiger partial charge >= 0.3 is 5.97 Å². The van der Waals surface area contributed by atoms with Gasteiger partial charge in [0.25, 0.3) is 0 Å². The monoisotopic (exact) mass is 598 g/mol. The fourth-order valence-electron chi connectivity index (χ4n) is 3.48. The van der Waals surface area contributed by atoms with Crippen LogP contribution < -0.4 is 32.7 Å². The Bertz CT molecular complexity index is 1040. The van der Waals surface area contributed by atoms with Crippen LogP contribution in [0.4, 0.5) is 0 Å². The van der Waals surface area contributed by atoms with Crippen molar-refractivity contribution < 1.29 is 33.9 Å². The molecule has 13 nitrogen and oxygen atoms in total. The van der Waals surface area contributed by atoms with Crippen LogP contribution in [0.1, 0.15) is 32.3 Å². The molecular weight excluding hydrogens is 560 g/mol. The molecule has 0 unspecified atom stereocenters. The predicted octanol–water partition coefficient (Wildman–Crippen LogP) is -1.64. The molecule has 0 aromatic heterocycles. The van der Waals surface area contributed by atoms with Crippen LogP contribution >= 0.6 is 25.3 Å². The van der Waals surface area contributed by atoms with Gasteiger partial charge < -0.3 is 37.8 Å². The van der Waals surface area contributed by atoms with Crippen molar-refractivity contribution in [3.8, 4) is 0 Å². The molecular formula is C25H38N6O7S2. The van der Waals surface area contributed by atoms with E-state index in [9.17, 15) is 33.9 Å². The SMILES string of the molecule is CC(C)[C@H](NC(=O)[C@H](Cc1ccccc1)NC(=O)[C@@H](N)CS)C(=O)N[C@@H](CCC(N)=O)C(=O)N[C@@H](CS)C(=O)O. The minimum atomic E-state index is -1.34. The molecule has 5 amide bonds. The lowest BCUT2D eigenvalue weighted by atomic mass is 10.00. The van der Waals surface area contributed by atoms with Crippen LogP contribution in [-0.2, 0) is 35.2 Å². The van der Waals surface area contributed by atoms with Crippen molar-refractivity contribution in [1.29, 1.82) is 0 Å². The van der Waals surface area contributed by atoms with E-state index in [-0.39, 0.29) is 30.8 Å². The van der Waals surface area contributed by atoms with E-state index in [1.54, 1.807) is 44.2 Å². The van der Waals surface area contributed by atoms with Gasteiger partial charge in [0.15, 0.2) is 0 Å². The Kier molecular flexibility index (Phi) is 15.1. The number of hydrogen-bond donors (Lipinski definition) is 9. The number of carbonyl (C=O) groups is 6. The molecule has 9 N–H and O–H groups in total. The van der Waals surface area contributed by atoms with E-state index in [0.29, 0.717) is 0 Å². The third-order valence-corrected chi connectivity index (χ3v) is 6.56. The molecule has 40 heavy (non-hydrogen) atoms. The molecule has 0 aliphatic heterocycles. The van der Waals surface area contributed by atoms with Gasteiger partial charge in [-0.15, -0.1) is 0 Å². The van der Waals surface area contributed by atoms with Crippen molar-refractivity contribution in [2.24, 2.45) is 17.4 Å². The van der Waals surface area contributed by atoms with Crippen LogP contribution in [0.5, 0.6) is 0 Å². The van der Waals surface area contributed by atoms with Gasteiger partial charge in [-0.25, -0.2) is 4.79 Å². The molecule has 0 saturated carbocycles. The lowest BCUT2D eigenvalue weighted by Crippen LogP contribution is -2.60. The smallest absolute Gasteiger partial charge is 0.327 e. The van der Waals surface area contributed by atoms with E-state index in [2.05, 4.69) is 46.5 Å². The molecule has 0 heterocycles. The van der Waals surface area contributed by atoms with Crippen LogP contribution in [-0.4, -0.2) is 82.3 Å². The summed E-state index contributed by atoms with van der Waals surface area (Å²) in [4.78, 5) is 74.5. The summed E-state index contributed by atoms with van der Waals surface area (Å²) >= 11 is 7.92. The van der Waals surface area contributed by atoms with Crippen molar-refractivity contribution in [3.05, 3.63) is 35.9 Å². The van der Waals surface area contributed by atoms with Gasteiger partial charge in [-0.2, -0.15) is 25.3 Å². The van der Waals surface area contributed by atoms with Crippen LogP contribution in [0.25, 0.3) is 0 Å². The van der Waals surface area contributed by atoms with Gasteiger partial charge in [-0.1, -0.05) is 44.2 Å². The maximum atomic E-state index is 13.3. The van der Waals surface area contributed by atoms with Gasteiger partial charge in [-0.3, -0.25) is 24.0 Å². The van der Waals surface area contributed by atoms with Gasteiger partial charge in [-0.05, 0) is 17.9 Å². The van der Waals surface area contributed by atoms with Crippen LogP contribution in [0.15, 0.2) is 30.3 Å². The number of benzene rings is 1. The highest BCUT2D eigenvalue weighted by atomic mass is 32.1. The summed E-state index contributed by atoms with van der Waals surface area (Å²) in [5.74, 6) is -5.60. The Morgan fingerprint density at radius 2 is 1.35 bits per heavy atom. The maximum Gasteiger partial charge on any atom is 0.327 e. The van der Waals surface area contributed by atoms with Gasteiger partial charge in [0.1, 0.15) is 24.2 Å². The second-order valence-electron chi connectivity index (χ2n) is 9.42. The van der Waals surface area contributed by atoms with Crippen molar-refractivity contribution in [2.45, 2.75) is 63.3 Å². The Balaban J connectivity index is 3.14. The number of amides is 5. The second kappa shape index (κ2) is 17.4. The van der Waals surface area contributed by atoms with Crippen molar-refractivity contribution >= 4 is 60.8 Å². The van der Waals surface area contributed by atoms with Gasteiger partial charge in [0.05, 0.1) is 6.04 Å². The minimum absolute atomic E-state index is 0.0489. The summed E-state index contributed by atoms with van der Waals surface area (Å²) in [5, 5.41) is 19.2. The molecule has 0 radical (unpaired) electrons. The summed E-state index contributed by atoms with van der Waals surface area (Å²) in [6.07, 6.45) is -0.376. The maximum absolute atomic E-state index is 13.3. The first kappa shape index (κ1) is 34.7. The summed E-state index contributed by atoms with van der Waals surface area (Å²) in [7, 11) is 0. The Morgan fingerprint density at radius 1 is 0.800 bits per heavy atom. The molecule has 0 aliphatic carbocycles. The normalized spacial score (nSPS) is 14.7. The Labute approximate surface area is 243 Å². The first-order valence-corrected chi connectivity index (χ1v) is 13.8. The molecule has 0 spiro atoms. The third kappa shape index (κ3) is 11.8. The summed E-state index contributed by atoms with van der Waals surface area (Å²) in [5.41, 5.74) is 11.7. The van der Waals surface area contributed by atoms with E-state index in [4.69, 9.17) is 11.5 Å². The number of carbonyl (C=O) groups excluding carboxylic acids is 5.